The van der Waals surface area contributed by atoms with Crippen molar-refractivity contribution in [1.29, 1.82) is 0 Å². The van der Waals surface area contributed by atoms with Crippen molar-refractivity contribution >= 4 is 5.91 Å². The third kappa shape index (κ3) is 3.18. The fourth-order valence-electron chi connectivity index (χ4n) is 3.98. The fourth-order valence-corrected chi connectivity index (χ4v) is 3.98. The summed E-state index contributed by atoms with van der Waals surface area (Å²) in [7, 11) is 0. The maximum absolute atomic E-state index is 12.7. The predicted octanol–water partition coefficient (Wildman–Crippen LogP) is 4.24. The van der Waals surface area contributed by atoms with Gasteiger partial charge in [-0.3, -0.25) is 4.79 Å². The second-order valence-corrected chi connectivity index (χ2v) is 7.66. The molecule has 0 saturated heterocycles. The summed E-state index contributed by atoms with van der Waals surface area (Å²) in [5, 5.41) is 7.86. The number of carbonyl (C=O) groups is 1. The van der Waals surface area contributed by atoms with Crippen molar-refractivity contribution in [3.05, 3.63) is 69.8 Å². The second kappa shape index (κ2) is 6.72. The van der Waals surface area contributed by atoms with Gasteiger partial charge in [-0.15, -0.1) is 0 Å². The zero-order valence-corrected chi connectivity index (χ0v) is 16.4. The molecule has 0 spiro atoms. The molecule has 0 aliphatic heterocycles. The van der Waals surface area contributed by atoms with E-state index in [2.05, 4.69) is 47.4 Å². The Morgan fingerprint density at radius 2 is 1.96 bits per heavy atom. The number of nitrogens with one attached hydrogen (secondary N) is 2. The number of hydrogen-bond acceptors (Lipinski definition) is 2. The summed E-state index contributed by atoms with van der Waals surface area (Å²) in [6.45, 7) is 8.17. The molecule has 27 heavy (non-hydrogen) atoms. The summed E-state index contributed by atoms with van der Waals surface area (Å²) in [5.74, 6) is -0.0441. The Kier molecular flexibility index (Phi) is 4.38. The van der Waals surface area contributed by atoms with E-state index in [1.54, 1.807) is 0 Å². The van der Waals surface area contributed by atoms with Crippen LogP contribution in [0.5, 0.6) is 0 Å². The van der Waals surface area contributed by atoms with Crippen LogP contribution < -0.4 is 5.32 Å². The summed E-state index contributed by atoms with van der Waals surface area (Å²) < 4.78 is 2.03. The number of amides is 1. The van der Waals surface area contributed by atoms with Gasteiger partial charge < -0.3 is 10.3 Å². The van der Waals surface area contributed by atoms with E-state index in [0.717, 1.165) is 41.8 Å². The number of hydrogen-bond donors (Lipinski definition) is 2. The molecule has 1 aliphatic rings. The molecule has 0 radical (unpaired) electrons. The third-order valence-electron chi connectivity index (χ3n) is 5.60. The first kappa shape index (κ1) is 17.6. The summed E-state index contributed by atoms with van der Waals surface area (Å²) in [5.41, 5.74) is 8.60. The Balaban J connectivity index is 1.63. The van der Waals surface area contributed by atoms with Crippen LogP contribution in [0.3, 0.4) is 0 Å². The molecule has 2 N–H and O–H groups in total. The lowest BCUT2D eigenvalue weighted by Crippen LogP contribution is -2.31. The predicted molar refractivity (Wildman–Crippen MR) is 106 cm³/mol. The van der Waals surface area contributed by atoms with Gasteiger partial charge in [0.1, 0.15) is 5.69 Å². The largest absolute Gasteiger partial charge is 0.354 e. The van der Waals surface area contributed by atoms with Crippen LogP contribution in [0.15, 0.2) is 30.5 Å². The molecular weight excluding hydrogens is 336 g/mol. The van der Waals surface area contributed by atoms with Crippen molar-refractivity contribution in [2.45, 2.75) is 53.0 Å². The number of fused-ring (bicyclic) bond motifs is 1. The van der Waals surface area contributed by atoms with Crippen LogP contribution in [0.25, 0.3) is 5.69 Å². The summed E-state index contributed by atoms with van der Waals surface area (Å²) >= 11 is 0. The van der Waals surface area contributed by atoms with Gasteiger partial charge in [-0.25, -0.2) is 4.68 Å². The maximum Gasteiger partial charge on any atom is 0.268 e. The minimum absolute atomic E-state index is 0.00421. The van der Waals surface area contributed by atoms with E-state index >= 15 is 0 Å². The molecule has 4 rings (SSSR count). The lowest BCUT2D eigenvalue weighted by Gasteiger charge is -2.24. The number of H-pyrrole nitrogens is 1. The average molecular weight is 362 g/mol. The standard InChI is InChI=1S/C22H26N4O/c1-13-8-9-17(11-14(13)2)26-20-7-5-6-19(18(20)12-23-26)25-22(27)21-15(3)10-16(4)24-21/h8-12,19,24H,5-7H2,1-4H3,(H,25,27)/t19-/m1/s1. The summed E-state index contributed by atoms with van der Waals surface area (Å²) in [6, 6.07) is 8.43. The van der Waals surface area contributed by atoms with E-state index < -0.39 is 0 Å². The Bertz CT molecular complexity index is 1010. The highest BCUT2D eigenvalue weighted by atomic mass is 16.2. The zero-order valence-electron chi connectivity index (χ0n) is 16.4. The lowest BCUT2D eigenvalue weighted by molar-refractivity contribution is 0.0927. The molecule has 1 aliphatic carbocycles. The van der Waals surface area contributed by atoms with Crippen LogP contribution in [0.2, 0.25) is 0 Å². The van der Waals surface area contributed by atoms with Crippen LogP contribution in [0.4, 0.5) is 0 Å². The lowest BCUT2D eigenvalue weighted by atomic mass is 9.92. The van der Waals surface area contributed by atoms with Gasteiger partial charge in [0.15, 0.2) is 0 Å². The molecule has 0 fully saturated rings. The van der Waals surface area contributed by atoms with Gasteiger partial charge in [-0.05, 0) is 81.8 Å². The van der Waals surface area contributed by atoms with E-state index in [0.29, 0.717) is 5.69 Å². The average Bonchev–Trinajstić information content (AvgIpc) is 3.21. The van der Waals surface area contributed by atoms with Gasteiger partial charge in [-0.1, -0.05) is 6.07 Å². The number of benzene rings is 1. The molecule has 0 bridgehead atoms. The van der Waals surface area contributed by atoms with E-state index in [4.69, 9.17) is 0 Å². The van der Waals surface area contributed by atoms with Crippen LogP contribution in [-0.4, -0.2) is 20.7 Å². The molecule has 2 aromatic heterocycles. The smallest absolute Gasteiger partial charge is 0.268 e. The van der Waals surface area contributed by atoms with Crippen molar-refractivity contribution in [2.75, 3.05) is 0 Å². The Hall–Kier alpha value is -2.82. The van der Waals surface area contributed by atoms with Crippen molar-refractivity contribution in [3.63, 3.8) is 0 Å². The Labute approximate surface area is 159 Å². The molecule has 0 unspecified atom stereocenters. The van der Waals surface area contributed by atoms with Crippen molar-refractivity contribution < 1.29 is 4.79 Å². The first-order valence-electron chi connectivity index (χ1n) is 9.55. The Morgan fingerprint density at radius 1 is 1.15 bits per heavy atom. The van der Waals surface area contributed by atoms with E-state index in [1.807, 2.05) is 30.8 Å². The molecule has 5 heteroatoms. The van der Waals surface area contributed by atoms with Crippen LogP contribution in [0, 0.1) is 27.7 Å². The van der Waals surface area contributed by atoms with E-state index in [1.165, 1.54) is 16.8 Å². The van der Waals surface area contributed by atoms with Gasteiger partial charge in [0, 0.05) is 17.0 Å². The first-order chi connectivity index (χ1) is 12.9. The van der Waals surface area contributed by atoms with Crippen LogP contribution in [0.1, 0.15) is 63.0 Å². The number of rotatable bonds is 3. The van der Waals surface area contributed by atoms with Crippen molar-refractivity contribution in [1.82, 2.24) is 20.1 Å². The number of aromatic amines is 1. The quantitative estimate of drug-likeness (QED) is 0.732. The molecule has 5 nitrogen and oxygen atoms in total. The van der Waals surface area contributed by atoms with Gasteiger partial charge in [0.25, 0.3) is 5.91 Å². The molecule has 3 aromatic rings. The molecule has 2 heterocycles. The molecule has 140 valence electrons. The minimum Gasteiger partial charge on any atom is -0.354 e. The van der Waals surface area contributed by atoms with Crippen LogP contribution in [-0.2, 0) is 6.42 Å². The number of aryl methyl sites for hydroxylation is 4. The number of carbonyl (C=O) groups excluding carboxylic acids is 1. The first-order valence-corrected chi connectivity index (χ1v) is 9.55. The minimum atomic E-state index is -0.0441. The SMILES string of the molecule is Cc1cc(C)c(C(=O)N[C@@H]2CCCc3c2cnn3-c2ccc(C)c(C)c2)[nH]1. The van der Waals surface area contributed by atoms with Crippen molar-refractivity contribution in [3.8, 4) is 5.69 Å². The molecule has 0 saturated carbocycles. The van der Waals surface area contributed by atoms with Crippen molar-refractivity contribution in [2.24, 2.45) is 0 Å². The molecular formula is C22H26N4O. The summed E-state index contributed by atoms with van der Waals surface area (Å²) in [4.78, 5) is 15.9. The second-order valence-electron chi connectivity index (χ2n) is 7.66. The summed E-state index contributed by atoms with van der Waals surface area (Å²) in [6.07, 6.45) is 4.88. The monoisotopic (exact) mass is 362 g/mol. The number of nitrogens with zero attached hydrogens (tertiary/aromatic N) is 2. The highest BCUT2D eigenvalue weighted by Gasteiger charge is 2.27. The van der Waals surface area contributed by atoms with Crippen LogP contribution >= 0.6 is 0 Å². The van der Waals surface area contributed by atoms with Gasteiger partial charge in [0.05, 0.1) is 17.9 Å². The fraction of sp³-hybridized carbons (Fsp3) is 0.364. The number of aromatic nitrogens is 3. The Morgan fingerprint density at radius 3 is 2.67 bits per heavy atom. The zero-order chi connectivity index (χ0) is 19.1. The van der Waals surface area contributed by atoms with E-state index in [-0.39, 0.29) is 11.9 Å². The highest BCUT2D eigenvalue weighted by Crippen LogP contribution is 2.31. The molecule has 1 aromatic carbocycles. The normalized spacial score (nSPS) is 16.2. The third-order valence-corrected chi connectivity index (χ3v) is 5.60. The van der Waals surface area contributed by atoms with Gasteiger partial charge in [0.2, 0.25) is 0 Å². The molecule has 1 atom stereocenters. The van der Waals surface area contributed by atoms with E-state index in [9.17, 15) is 4.79 Å². The van der Waals surface area contributed by atoms with Gasteiger partial charge in [-0.2, -0.15) is 5.10 Å². The molecule has 1 amide bonds. The maximum atomic E-state index is 12.7. The topological polar surface area (TPSA) is 62.7 Å². The highest BCUT2D eigenvalue weighted by molar-refractivity contribution is 5.94. The van der Waals surface area contributed by atoms with Gasteiger partial charge >= 0.3 is 0 Å².